The molecule has 0 bridgehead atoms. The molecule has 0 aliphatic heterocycles. The first-order chi connectivity index (χ1) is 12.1. The number of methoxy groups -OCH3 is 1. The number of ketones is 1. The van der Waals surface area contributed by atoms with Crippen LogP contribution in [0.2, 0.25) is 0 Å². The van der Waals surface area contributed by atoms with Gasteiger partial charge in [0, 0.05) is 23.6 Å². The number of aromatic nitrogens is 1. The van der Waals surface area contributed by atoms with E-state index in [4.69, 9.17) is 4.74 Å². The predicted octanol–water partition coefficient (Wildman–Crippen LogP) is 2.86. The van der Waals surface area contributed by atoms with E-state index in [1.54, 1.807) is 7.11 Å². The van der Waals surface area contributed by atoms with Crippen molar-refractivity contribution in [2.75, 3.05) is 13.7 Å². The number of rotatable bonds is 6. The highest BCUT2D eigenvalue weighted by Crippen LogP contribution is 2.19. The van der Waals surface area contributed by atoms with E-state index in [9.17, 15) is 14.0 Å². The number of Topliss-reactive ketones (excluding diaryl/α,β-unsaturated/α-hetero) is 1. The van der Waals surface area contributed by atoms with Crippen molar-refractivity contribution in [1.29, 1.82) is 0 Å². The van der Waals surface area contributed by atoms with E-state index >= 15 is 0 Å². The summed E-state index contributed by atoms with van der Waals surface area (Å²) in [4.78, 5) is 27.2. The fourth-order valence-electron chi connectivity index (χ4n) is 2.60. The second-order valence-corrected chi connectivity index (χ2v) is 5.58. The Morgan fingerprint density at radius 1 is 1.16 bits per heavy atom. The lowest BCUT2D eigenvalue weighted by atomic mass is 10.1. The Kier molecular flexibility index (Phi) is 4.79. The van der Waals surface area contributed by atoms with E-state index in [0.717, 1.165) is 11.3 Å². The molecule has 1 heterocycles. The van der Waals surface area contributed by atoms with Crippen LogP contribution in [0.3, 0.4) is 0 Å². The van der Waals surface area contributed by atoms with Crippen LogP contribution in [0.5, 0.6) is 5.75 Å². The van der Waals surface area contributed by atoms with Gasteiger partial charge in [-0.15, -0.1) is 0 Å². The molecule has 3 aromatic rings. The molecule has 6 heteroatoms. The summed E-state index contributed by atoms with van der Waals surface area (Å²) < 4.78 is 18.3. The molecule has 0 aliphatic carbocycles. The van der Waals surface area contributed by atoms with Crippen molar-refractivity contribution in [2.24, 2.45) is 0 Å². The molecule has 128 valence electrons. The van der Waals surface area contributed by atoms with Crippen molar-refractivity contribution in [2.45, 2.75) is 6.42 Å². The topological polar surface area (TPSA) is 71.2 Å². The van der Waals surface area contributed by atoms with Gasteiger partial charge in [-0.25, -0.2) is 4.39 Å². The fraction of sp³-hybridized carbons (Fsp3) is 0.158. The van der Waals surface area contributed by atoms with Gasteiger partial charge < -0.3 is 15.0 Å². The molecule has 0 radical (unpaired) electrons. The van der Waals surface area contributed by atoms with Gasteiger partial charge in [0.2, 0.25) is 0 Å². The van der Waals surface area contributed by atoms with E-state index < -0.39 is 17.5 Å². The van der Waals surface area contributed by atoms with Crippen LogP contribution in [0.1, 0.15) is 15.9 Å². The summed E-state index contributed by atoms with van der Waals surface area (Å²) in [7, 11) is 1.60. The molecule has 2 N–H and O–H groups in total. The molecule has 0 fully saturated rings. The second-order valence-electron chi connectivity index (χ2n) is 5.58. The van der Waals surface area contributed by atoms with Crippen LogP contribution >= 0.6 is 0 Å². The van der Waals surface area contributed by atoms with Gasteiger partial charge in [0.05, 0.1) is 12.7 Å². The number of halogens is 1. The van der Waals surface area contributed by atoms with E-state index in [1.165, 1.54) is 24.4 Å². The zero-order chi connectivity index (χ0) is 17.8. The Morgan fingerprint density at radius 3 is 2.64 bits per heavy atom. The Bertz CT molecular complexity index is 916. The molecule has 0 spiro atoms. The average molecular weight is 340 g/mol. The van der Waals surface area contributed by atoms with E-state index in [-0.39, 0.29) is 5.56 Å². The number of H-pyrrole nitrogens is 1. The second kappa shape index (κ2) is 7.17. The summed E-state index contributed by atoms with van der Waals surface area (Å²) >= 11 is 0. The Hall–Kier alpha value is -3.15. The maximum atomic E-state index is 13.2. The van der Waals surface area contributed by atoms with Gasteiger partial charge in [-0.2, -0.15) is 0 Å². The minimum Gasteiger partial charge on any atom is -0.497 e. The molecule has 0 unspecified atom stereocenters. The molecular formula is C19H17FN2O3. The number of hydrogen-bond donors (Lipinski definition) is 2. The van der Waals surface area contributed by atoms with E-state index in [0.29, 0.717) is 23.9 Å². The molecule has 1 amide bonds. The summed E-state index contributed by atoms with van der Waals surface area (Å²) in [6.45, 7) is 0.341. The van der Waals surface area contributed by atoms with Crippen LogP contribution in [0.15, 0.2) is 48.7 Å². The largest absolute Gasteiger partial charge is 0.497 e. The highest BCUT2D eigenvalue weighted by atomic mass is 19.1. The minimum atomic E-state index is -0.682. The first-order valence-electron chi connectivity index (χ1n) is 7.80. The number of carbonyl (C=O) groups excluding carboxylic acids is 2. The molecule has 0 atom stereocenters. The normalized spacial score (nSPS) is 10.6. The first kappa shape index (κ1) is 16.7. The highest BCUT2D eigenvalue weighted by Gasteiger charge is 2.19. The van der Waals surface area contributed by atoms with Gasteiger partial charge in [0.15, 0.2) is 0 Å². The summed E-state index contributed by atoms with van der Waals surface area (Å²) in [5, 5.41) is 3.14. The highest BCUT2D eigenvalue weighted by molar-refractivity contribution is 6.44. The lowest BCUT2D eigenvalue weighted by Crippen LogP contribution is -2.32. The molecule has 0 aliphatic rings. The lowest BCUT2D eigenvalue weighted by Gasteiger charge is -2.05. The zero-order valence-electron chi connectivity index (χ0n) is 13.6. The molecule has 0 saturated heterocycles. The molecule has 5 nitrogen and oxygen atoms in total. The van der Waals surface area contributed by atoms with Crippen molar-refractivity contribution < 1.29 is 18.7 Å². The molecule has 25 heavy (non-hydrogen) atoms. The maximum absolute atomic E-state index is 13.2. The Morgan fingerprint density at radius 2 is 1.92 bits per heavy atom. The quantitative estimate of drug-likeness (QED) is 0.535. The van der Waals surface area contributed by atoms with Crippen LogP contribution in [-0.2, 0) is 11.2 Å². The number of fused-ring (bicyclic) bond motifs is 1. The molecular weight excluding hydrogens is 323 g/mol. The van der Waals surface area contributed by atoms with Gasteiger partial charge in [-0.05, 0) is 42.3 Å². The molecule has 2 aromatic carbocycles. The summed E-state index contributed by atoms with van der Waals surface area (Å²) in [6, 6.07) is 11.5. The van der Waals surface area contributed by atoms with Gasteiger partial charge in [-0.1, -0.05) is 12.1 Å². The third kappa shape index (κ3) is 3.68. The number of hydrogen-bond acceptors (Lipinski definition) is 3. The zero-order valence-corrected chi connectivity index (χ0v) is 13.6. The van der Waals surface area contributed by atoms with Crippen molar-refractivity contribution >= 4 is 22.6 Å². The number of carbonyl (C=O) groups is 2. The maximum Gasteiger partial charge on any atom is 0.292 e. The Labute approximate surface area is 143 Å². The Balaban J connectivity index is 1.61. The van der Waals surface area contributed by atoms with Crippen molar-refractivity contribution in [3.05, 3.63) is 65.6 Å². The number of nitrogens with one attached hydrogen (secondary N) is 2. The third-order valence-electron chi connectivity index (χ3n) is 3.95. The van der Waals surface area contributed by atoms with Crippen LogP contribution < -0.4 is 10.1 Å². The third-order valence-corrected chi connectivity index (χ3v) is 3.95. The summed E-state index contributed by atoms with van der Waals surface area (Å²) in [6.07, 6.45) is 2.03. The summed E-state index contributed by atoms with van der Waals surface area (Å²) in [5.41, 5.74) is 1.74. The number of benzene rings is 2. The minimum absolute atomic E-state index is 0.233. The van der Waals surface area contributed by atoms with E-state index in [1.807, 2.05) is 24.3 Å². The molecule has 3 rings (SSSR count). The number of aromatic amines is 1. The summed E-state index contributed by atoms with van der Waals surface area (Å²) in [5.74, 6) is -0.970. The predicted molar refractivity (Wildman–Crippen MR) is 92.3 cm³/mol. The van der Waals surface area contributed by atoms with Crippen molar-refractivity contribution in [3.8, 4) is 5.75 Å². The number of ether oxygens (including phenoxy) is 1. The standard InChI is InChI=1S/C19H17FN2O3/c1-25-14-5-2-12(3-6-14)8-9-21-19(24)18(23)16-11-22-17-10-13(20)4-7-15(16)17/h2-7,10-11,22H,8-9H2,1H3,(H,21,24). The van der Waals surface area contributed by atoms with Gasteiger partial charge in [0.1, 0.15) is 11.6 Å². The van der Waals surface area contributed by atoms with Crippen LogP contribution in [0, 0.1) is 5.82 Å². The van der Waals surface area contributed by atoms with Crippen LogP contribution in [-0.4, -0.2) is 30.3 Å². The fourth-order valence-corrected chi connectivity index (χ4v) is 2.60. The smallest absolute Gasteiger partial charge is 0.292 e. The van der Waals surface area contributed by atoms with Crippen molar-refractivity contribution in [3.63, 3.8) is 0 Å². The van der Waals surface area contributed by atoms with Crippen molar-refractivity contribution in [1.82, 2.24) is 10.3 Å². The molecule has 0 saturated carbocycles. The van der Waals surface area contributed by atoms with Gasteiger partial charge in [0.25, 0.3) is 11.7 Å². The van der Waals surface area contributed by atoms with E-state index in [2.05, 4.69) is 10.3 Å². The monoisotopic (exact) mass is 340 g/mol. The lowest BCUT2D eigenvalue weighted by molar-refractivity contribution is -0.116. The van der Waals surface area contributed by atoms with Crippen LogP contribution in [0.4, 0.5) is 4.39 Å². The van der Waals surface area contributed by atoms with Gasteiger partial charge >= 0.3 is 0 Å². The first-order valence-corrected chi connectivity index (χ1v) is 7.80. The number of amides is 1. The van der Waals surface area contributed by atoms with Crippen LogP contribution in [0.25, 0.3) is 10.9 Å². The molecule has 1 aromatic heterocycles. The average Bonchev–Trinajstić information content (AvgIpc) is 3.04. The van der Waals surface area contributed by atoms with Gasteiger partial charge in [-0.3, -0.25) is 9.59 Å². The SMILES string of the molecule is COc1ccc(CCNC(=O)C(=O)c2c[nH]c3cc(F)ccc23)cc1.